The molecule has 340 valence electrons. The highest BCUT2D eigenvalue weighted by Crippen LogP contribution is 2.47. The number of aromatic nitrogens is 6. The second-order valence-electron chi connectivity index (χ2n) is 16.8. The van der Waals surface area contributed by atoms with Gasteiger partial charge in [-0.2, -0.15) is 28.4 Å². The van der Waals surface area contributed by atoms with Crippen LogP contribution in [0, 0.1) is 36.8 Å². The number of hydrogen-bond acceptors (Lipinski definition) is 13. The minimum atomic E-state index is -4.62. The Labute approximate surface area is 378 Å². The first-order valence-corrected chi connectivity index (χ1v) is 22.4. The van der Waals surface area contributed by atoms with Crippen molar-refractivity contribution in [2.45, 2.75) is 89.6 Å². The number of amides is 1. The lowest BCUT2D eigenvalue weighted by Gasteiger charge is -2.35. The van der Waals surface area contributed by atoms with E-state index in [-0.39, 0.29) is 97.0 Å². The van der Waals surface area contributed by atoms with E-state index in [2.05, 4.69) is 25.1 Å². The first kappa shape index (κ1) is 44.3. The van der Waals surface area contributed by atoms with Gasteiger partial charge in [-0.15, -0.1) is 21.5 Å². The Kier molecular flexibility index (Phi) is 11.5. The summed E-state index contributed by atoms with van der Waals surface area (Å²) in [6, 6.07) is 7.10. The van der Waals surface area contributed by atoms with E-state index < -0.39 is 29.0 Å². The van der Waals surface area contributed by atoms with Gasteiger partial charge in [0.25, 0.3) is 0 Å². The van der Waals surface area contributed by atoms with Gasteiger partial charge in [-0.3, -0.25) is 9.47 Å². The summed E-state index contributed by atoms with van der Waals surface area (Å²) in [5.41, 5.74) is 5.22. The van der Waals surface area contributed by atoms with E-state index in [4.69, 9.17) is 31.8 Å². The van der Waals surface area contributed by atoms with Crippen LogP contribution in [0.1, 0.15) is 68.7 Å². The lowest BCUT2D eigenvalue weighted by molar-refractivity contribution is -0.141. The molecule has 14 nitrogen and oxygen atoms in total. The summed E-state index contributed by atoms with van der Waals surface area (Å²) in [7, 11) is 0. The topological polar surface area (TPSA) is 164 Å². The van der Waals surface area contributed by atoms with Crippen molar-refractivity contribution >= 4 is 60.8 Å². The molecule has 0 bridgehead atoms. The summed E-state index contributed by atoms with van der Waals surface area (Å²) in [5, 5.41) is 17.4. The molecular formula is C44H43ClF5N11O3S. The number of nitrogens with two attached hydrogens (primary N) is 1. The number of nitrogen functional groups attached to an aromatic ring is 1. The van der Waals surface area contributed by atoms with Crippen molar-refractivity contribution in [1.82, 2.24) is 39.5 Å². The van der Waals surface area contributed by atoms with Crippen molar-refractivity contribution in [3.05, 3.63) is 76.0 Å². The van der Waals surface area contributed by atoms with Gasteiger partial charge in [-0.25, -0.2) is 18.6 Å². The number of nitrogens with zero attached hydrogens (tertiary/aromatic N) is 10. The molecule has 3 fully saturated rings. The normalized spacial score (nSPS) is 21.1. The predicted octanol–water partition coefficient (Wildman–Crippen LogP) is 8.93. The van der Waals surface area contributed by atoms with Gasteiger partial charge < -0.3 is 25.0 Å². The van der Waals surface area contributed by atoms with Crippen molar-refractivity contribution in [1.29, 1.82) is 5.26 Å². The molecule has 4 aromatic heterocycles. The summed E-state index contributed by atoms with van der Waals surface area (Å²) < 4.78 is 85.9. The van der Waals surface area contributed by atoms with Crippen LogP contribution in [0.15, 0.2) is 36.5 Å². The lowest BCUT2D eigenvalue weighted by atomic mass is 9.95. The number of halogens is 6. The zero-order valence-electron chi connectivity index (χ0n) is 35.7. The van der Waals surface area contributed by atoms with Gasteiger partial charge in [0.1, 0.15) is 47.3 Å². The van der Waals surface area contributed by atoms with E-state index in [0.29, 0.717) is 44.0 Å². The van der Waals surface area contributed by atoms with Gasteiger partial charge in [-0.1, -0.05) is 17.7 Å². The quantitative estimate of drug-likeness (QED) is 0.130. The Hall–Kier alpha value is -5.91. The van der Waals surface area contributed by atoms with Gasteiger partial charge in [0.2, 0.25) is 5.88 Å². The molecule has 0 spiro atoms. The molecule has 3 aliphatic rings. The lowest BCUT2D eigenvalue weighted by Crippen LogP contribution is -2.48. The van der Waals surface area contributed by atoms with Crippen LogP contribution in [0.25, 0.3) is 32.1 Å². The highest BCUT2D eigenvalue weighted by molar-refractivity contribution is 7.23. The molecule has 6 aromatic rings. The van der Waals surface area contributed by atoms with Crippen molar-refractivity contribution in [2.24, 2.45) is 0 Å². The molecule has 0 radical (unpaired) electrons. The number of anilines is 2. The Morgan fingerprint density at radius 2 is 1.89 bits per heavy atom. The fourth-order valence-electron chi connectivity index (χ4n) is 10.0. The Balaban J connectivity index is 1.08. The molecule has 2 N–H and O–H groups in total. The summed E-state index contributed by atoms with van der Waals surface area (Å²) in [6.07, 6.45) is 0.678. The molecule has 65 heavy (non-hydrogen) atoms. The Morgan fingerprint density at radius 1 is 1.09 bits per heavy atom. The van der Waals surface area contributed by atoms with Gasteiger partial charge in [0.15, 0.2) is 11.5 Å². The number of thiophene rings is 1. The number of alkyl halides is 3. The van der Waals surface area contributed by atoms with Crippen molar-refractivity contribution in [3.8, 4) is 29.1 Å². The van der Waals surface area contributed by atoms with Gasteiger partial charge in [0, 0.05) is 47.7 Å². The number of hydrogen-bond donors (Lipinski definition) is 1. The molecule has 0 aliphatic carbocycles. The number of fused-ring (bicyclic) bond motifs is 3. The fourth-order valence-corrected chi connectivity index (χ4v) is 11.3. The average molecular weight is 936 g/mol. The van der Waals surface area contributed by atoms with Crippen LogP contribution >= 0.6 is 22.9 Å². The van der Waals surface area contributed by atoms with E-state index in [1.807, 2.05) is 31.7 Å². The van der Waals surface area contributed by atoms with E-state index in [9.17, 15) is 23.2 Å². The van der Waals surface area contributed by atoms with Crippen molar-refractivity contribution < 1.29 is 36.2 Å². The summed E-state index contributed by atoms with van der Waals surface area (Å²) in [4.78, 5) is 34.0. The van der Waals surface area contributed by atoms with Crippen LogP contribution in [0.4, 0.5) is 37.6 Å². The molecule has 4 atom stereocenters. The molecule has 0 unspecified atom stereocenters. The minimum absolute atomic E-state index is 0.00271. The zero-order chi connectivity index (χ0) is 46.1. The third kappa shape index (κ3) is 7.70. The van der Waals surface area contributed by atoms with Crippen molar-refractivity contribution in [2.75, 3.05) is 43.5 Å². The minimum Gasteiger partial charge on any atom is -0.475 e. The van der Waals surface area contributed by atoms with E-state index in [1.165, 1.54) is 16.7 Å². The fraction of sp³-hybridized carbons (Fsp3) is 0.432. The number of likely N-dealkylation sites (tertiary alicyclic amines) is 1. The van der Waals surface area contributed by atoms with Crippen LogP contribution in [0.2, 0.25) is 5.02 Å². The number of nitriles is 1. The summed E-state index contributed by atoms with van der Waals surface area (Å²) >= 11 is 7.90. The molecule has 7 heterocycles. The van der Waals surface area contributed by atoms with Crippen LogP contribution in [0.3, 0.4) is 0 Å². The molecular weight excluding hydrogens is 893 g/mol. The number of rotatable bonds is 10. The monoisotopic (exact) mass is 935 g/mol. The van der Waals surface area contributed by atoms with Crippen LogP contribution in [-0.4, -0.2) is 102 Å². The maximum Gasteiger partial charge on any atom is 0.435 e. The molecule has 21 heteroatoms. The molecule has 2 aromatic carbocycles. The highest BCUT2D eigenvalue weighted by atomic mass is 35.5. The van der Waals surface area contributed by atoms with Crippen molar-refractivity contribution in [3.63, 3.8) is 0 Å². The predicted molar refractivity (Wildman–Crippen MR) is 234 cm³/mol. The number of imidazole rings is 1. The number of carbonyl (C=O) groups is 1. The second-order valence-corrected chi connectivity index (χ2v) is 18.2. The molecule has 1 amide bonds. The van der Waals surface area contributed by atoms with Crippen LogP contribution in [0.5, 0.6) is 11.9 Å². The van der Waals surface area contributed by atoms with Gasteiger partial charge in [-0.05, 0) is 90.1 Å². The van der Waals surface area contributed by atoms with Gasteiger partial charge >= 0.3 is 18.2 Å². The van der Waals surface area contributed by atoms with Gasteiger partial charge in [0.05, 0.1) is 38.6 Å². The maximum absolute atomic E-state index is 17.6. The number of ether oxygens (including phenoxy) is 2. The van der Waals surface area contributed by atoms with E-state index in [0.717, 1.165) is 48.5 Å². The Bertz CT molecular complexity index is 2890. The molecule has 0 saturated carbocycles. The number of aryl methyl sites for hydroxylation is 2. The number of likely N-dealkylation sites (N-methyl/N-ethyl adjacent to an activating group) is 1. The average Bonchev–Trinajstić information content (AvgIpc) is 4.09. The van der Waals surface area contributed by atoms with Crippen LogP contribution < -0.4 is 20.1 Å². The molecule has 3 saturated heterocycles. The van der Waals surface area contributed by atoms with E-state index in [1.54, 1.807) is 24.1 Å². The first-order valence-electron chi connectivity index (χ1n) is 21.2. The molecule has 9 rings (SSSR count). The van der Waals surface area contributed by atoms with Crippen LogP contribution in [-0.2, 0) is 6.18 Å². The maximum atomic E-state index is 17.6. The Morgan fingerprint density at radius 3 is 2.58 bits per heavy atom. The summed E-state index contributed by atoms with van der Waals surface area (Å²) in [5.74, 6) is -0.581. The highest BCUT2D eigenvalue weighted by Gasteiger charge is 2.50. The SMILES string of the molecule is CCN(c1nc(OC[C@@]23CCCN2[C@H](COc2ccc(C(F)(F)F)nn2)CC3)nc2c(F)c(-c3ccc(F)c4sc(N)c(C#N)c34)c(Cl)cc12)[C@@H]1CCN(C(=O)n2cc(C)nc2C)[C@@H]1C. The summed E-state index contributed by atoms with van der Waals surface area (Å²) in [6.45, 7) is 9.34. The third-order valence-corrected chi connectivity index (χ3v) is 14.4. The third-order valence-electron chi connectivity index (χ3n) is 13.1. The number of carbonyl (C=O) groups excluding carboxylic acids is 1. The standard InChI is InChI=1S/C44H43ClF5N11O3S/c1-5-58(31-12-16-59(23(31)3)42(62)60-19-22(2)53-24(60)4)40-27-17-29(45)35(26-7-8-30(46)38-34(26)28(18-51)39(52)65-38)36(47)37(27)54-41(55-40)64-21-43-13-6-15-61(43)25(11-14-43)20-63-33-10-9-32(56-57-33)44(48,49)50/h7-10,17,19,23,25,31H,5-6,11-16,20-21,52H2,1-4H3/t23-,25+,31-,43+/m1/s1. The second kappa shape index (κ2) is 16.8. The number of benzene rings is 2. The first-order chi connectivity index (χ1) is 31.0. The zero-order valence-corrected chi connectivity index (χ0v) is 37.3. The van der Waals surface area contributed by atoms with E-state index >= 15 is 8.78 Å². The largest absolute Gasteiger partial charge is 0.475 e. The molecule has 3 aliphatic heterocycles. The smallest absolute Gasteiger partial charge is 0.435 e.